The minimum atomic E-state index is -0.254. The lowest BCUT2D eigenvalue weighted by atomic mass is 9.89. The van der Waals surface area contributed by atoms with E-state index in [2.05, 4.69) is 33.0 Å². The summed E-state index contributed by atoms with van der Waals surface area (Å²) in [5, 5.41) is 12.9. The summed E-state index contributed by atoms with van der Waals surface area (Å²) in [6, 6.07) is 0. The Labute approximate surface area is 101 Å². The second-order valence-electron chi connectivity index (χ2n) is 5.59. The monoisotopic (exact) mass is 231 g/mol. The second-order valence-corrected chi connectivity index (χ2v) is 5.59. The van der Waals surface area contributed by atoms with Gasteiger partial charge < -0.3 is 15.2 Å². The fraction of sp³-hybridized carbons (Fsp3) is 1.00. The summed E-state index contributed by atoms with van der Waals surface area (Å²) in [5.74, 6) is 0. The van der Waals surface area contributed by atoms with Gasteiger partial charge in [-0.1, -0.05) is 34.1 Å². The molecule has 0 aromatic rings. The van der Waals surface area contributed by atoms with Crippen molar-refractivity contribution in [2.75, 3.05) is 26.3 Å². The van der Waals surface area contributed by atoms with Crippen molar-refractivity contribution in [2.24, 2.45) is 5.41 Å². The molecule has 0 amide bonds. The van der Waals surface area contributed by atoms with Crippen LogP contribution in [0.15, 0.2) is 0 Å². The van der Waals surface area contributed by atoms with E-state index in [9.17, 15) is 5.11 Å². The molecule has 3 heteroatoms. The Hall–Kier alpha value is -0.120. The first-order chi connectivity index (χ1) is 7.45. The molecule has 0 aliphatic rings. The third kappa shape index (κ3) is 12.0. The van der Waals surface area contributed by atoms with E-state index in [1.165, 1.54) is 6.42 Å². The van der Waals surface area contributed by atoms with E-state index in [0.29, 0.717) is 6.54 Å². The number of rotatable bonds is 9. The summed E-state index contributed by atoms with van der Waals surface area (Å²) in [7, 11) is 0. The van der Waals surface area contributed by atoms with E-state index in [-0.39, 0.29) is 11.5 Å². The Morgan fingerprint density at radius 1 is 1.25 bits per heavy atom. The first-order valence-corrected chi connectivity index (χ1v) is 6.42. The zero-order valence-corrected chi connectivity index (χ0v) is 11.4. The van der Waals surface area contributed by atoms with Gasteiger partial charge in [0.25, 0.3) is 0 Å². The molecule has 0 bridgehead atoms. The molecule has 0 saturated carbocycles. The summed E-state index contributed by atoms with van der Waals surface area (Å²) in [6.45, 7) is 11.7. The Morgan fingerprint density at radius 3 is 2.50 bits per heavy atom. The summed E-state index contributed by atoms with van der Waals surface area (Å²) in [5.41, 5.74) is 0.193. The SMILES string of the molecule is CCCCOCCNCC(O)CC(C)(C)C. The van der Waals surface area contributed by atoms with Crippen molar-refractivity contribution in [3.63, 3.8) is 0 Å². The van der Waals surface area contributed by atoms with Crippen molar-refractivity contribution >= 4 is 0 Å². The number of ether oxygens (including phenoxy) is 1. The van der Waals surface area contributed by atoms with E-state index < -0.39 is 0 Å². The number of aliphatic hydroxyl groups is 1. The van der Waals surface area contributed by atoms with Crippen LogP contribution in [0.2, 0.25) is 0 Å². The highest BCUT2D eigenvalue weighted by molar-refractivity contribution is 4.69. The molecule has 0 saturated heterocycles. The van der Waals surface area contributed by atoms with E-state index >= 15 is 0 Å². The van der Waals surface area contributed by atoms with Gasteiger partial charge in [-0.2, -0.15) is 0 Å². The fourth-order valence-electron chi connectivity index (χ4n) is 1.54. The number of unbranched alkanes of at least 4 members (excludes halogenated alkanes) is 1. The van der Waals surface area contributed by atoms with E-state index in [0.717, 1.165) is 32.6 Å². The summed E-state index contributed by atoms with van der Waals surface area (Å²) < 4.78 is 5.41. The first-order valence-electron chi connectivity index (χ1n) is 6.42. The summed E-state index contributed by atoms with van der Waals surface area (Å²) in [6.07, 6.45) is 2.89. The highest BCUT2D eigenvalue weighted by atomic mass is 16.5. The number of hydrogen-bond donors (Lipinski definition) is 2. The number of hydrogen-bond acceptors (Lipinski definition) is 3. The molecule has 2 N–H and O–H groups in total. The van der Waals surface area contributed by atoms with Gasteiger partial charge in [0.05, 0.1) is 12.7 Å². The molecule has 0 spiro atoms. The standard InChI is InChI=1S/C13H29NO2/c1-5-6-8-16-9-7-14-11-12(15)10-13(2,3)4/h12,14-15H,5-11H2,1-4H3. The molecule has 1 unspecified atom stereocenters. The van der Waals surface area contributed by atoms with Gasteiger partial charge in [0, 0.05) is 19.7 Å². The number of aliphatic hydroxyl groups excluding tert-OH is 1. The van der Waals surface area contributed by atoms with Crippen molar-refractivity contribution in [1.82, 2.24) is 5.32 Å². The molecule has 0 aromatic carbocycles. The van der Waals surface area contributed by atoms with Crippen molar-refractivity contribution in [2.45, 2.75) is 53.1 Å². The highest BCUT2D eigenvalue weighted by Crippen LogP contribution is 2.20. The largest absolute Gasteiger partial charge is 0.392 e. The molecule has 3 nitrogen and oxygen atoms in total. The van der Waals surface area contributed by atoms with Crippen LogP contribution < -0.4 is 5.32 Å². The zero-order valence-electron chi connectivity index (χ0n) is 11.4. The molecule has 16 heavy (non-hydrogen) atoms. The topological polar surface area (TPSA) is 41.5 Å². The van der Waals surface area contributed by atoms with E-state index in [1.807, 2.05) is 0 Å². The van der Waals surface area contributed by atoms with Crippen LogP contribution >= 0.6 is 0 Å². The van der Waals surface area contributed by atoms with Crippen LogP contribution in [0.4, 0.5) is 0 Å². The fourth-order valence-corrected chi connectivity index (χ4v) is 1.54. The van der Waals surface area contributed by atoms with Crippen LogP contribution in [0.3, 0.4) is 0 Å². The van der Waals surface area contributed by atoms with Gasteiger partial charge in [-0.15, -0.1) is 0 Å². The normalized spacial score (nSPS) is 14.1. The quantitative estimate of drug-likeness (QED) is 0.598. The summed E-state index contributed by atoms with van der Waals surface area (Å²) >= 11 is 0. The van der Waals surface area contributed by atoms with Crippen LogP contribution in [-0.4, -0.2) is 37.5 Å². The smallest absolute Gasteiger partial charge is 0.0669 e. The molecule has 0 aliphatic carbocycles. The molecular formula is C13H29NO2. The average molecular weight is 231 g/mol. The molecule has 0 aromatic heterocycles. The van der Waals surface area contributed by atoms with E-state index in [4.69, 9.17) is 4.74 Å². The van der Waals surface area contributed by atoms with Crippen LogP contribution in [0.1, 0.15) is 47.0 Å². The molecular weight excluding hydrogens is 202 g/mol. The predicted octanol–water partition coefficient (Wildman–Crippen LogP) is 2.19. The van der Waals surface area contributed by atoms with Crippen LogP contribution in [0, 0.1) is 5.41 Å². The van der Waals surface area contributed by atoms with Gasteiger partial charge in [-0.25, -0.2) is 0 Å². The maximum absolute atomic E-state index is 9.72. The van der Waals surface area contributed by atoms with Crippen molar-refractivity contribution < 1.29 is 9.84 Å². The highest BCUT2D eigenvalue weighted by Gasteiger charge is 2.15. The molecule has 0 fully saturated rings. The number of nitrogens with one attached hydrogen (secondary N) is 1. The van der Waals surface area contributed by atoms with Gasteiger partial charge in [0.1, 0.15) is 0 Å². The summed E-state index contributed by atoms with van der Waals surface area (Å²) in [4.78, 5) is 0. The lowest BCUT2D eigenvalue weighted by Gasteiger charge is -2.22. The Morgan fingerprint density at radius 2 is 1.94 bits per heavy atom. The van der Waals surface area contributed by atoms with Crippen molar-refractivity contribution in [1.29, 1.82) is 0 Å². The molecule has 0 heterocycles. The average Bonchev–Trinajstić information content (AvgIpc) is 2.13. The lowest BCUT2D eigenvalue weighted by Crippen LogP contribution is -2.32. The van der Waals surface area contributed by atoms with Gasteiger partial charge >= 0.3 is 0 Å². The van der Waals surface area contributed by atoms with Crippen LogP contribution in [0.25, 0.3) is 0 Å². The van der Waals surface area contributed by atoms with Gasteiger partial charge in [-0.05, 0) is 18.3 Å². The van der Waals surface area contributed by atoms with Crippen molar-refractivity contribution in [3.05, 3.63) is 0 Å². The van der Waals surface area contributed by atoms with E-state index in [1.54, 1.807) is 0 Å². The zero-order chi connectivity index (χ0) is 12.4. The van der Waals surface area contributed by atoms with Crippen LogP contribution in [-0.2, 0) is 4.74 Å². The Balaban J connectivity index is 3.25. The Kier molecular flexibility index (Phi) is 8.90. The third-order valence-corrected chi connectivity index (χ3v) is 2.29. The minimum Gasteiger partial charge on any atom is -0.392 e. The molecule has 0 radical (unpaired) electrons. The minimum absolute atomic E-state index is 0.193. The van der Waals surface area contributed by atoms with Crippen molar-refractivity contribution in [3.8, 4) is 0 Å². The maximum Gasteiger partial charge on any atom is 0.0669 e. The second kappa shape index (κ2) is 8.97. The third-order valence-electron chi connectivity index (χ3n) is 2.29. The first kappa shape index (κ1) is 15.9. The molecule has 0 rings (SSSR count). The lowest BCUT2D eigenvalue weighted by molar-refractivity contribution is 0.107. The van der Waals surface area contributed by atoms with Gasteiger partial charge in [0.2, 0.25) is 0 Å². The molecule has 1 atom stereocenters. The van der Waals surface area contributed by atoms with Gasteiger partial charge in [0.15, 0.2) is 0 Å². The molecule has 98 valence electrons. The molecule has 0 aliphatic heterocycles. The van der Waals surface area contributed by atoms with Gasteiger partial charge in [-0.3, -0.25) is 0 Å². The van der Waals surface area contributed by atoms with Crippen LogP contribution in [0.5, 0.6) is 0 Å². The predicted molar refractivity (Wildman–Crippen MR) is 68.7 cm³/mol. The Bertz CT molecular complexity index is 155. The maximum atomic E-state index is 9.72.